The van der Waals surface area contributed by atoms with E-state index < -0.39 is 97.5 Å². The first-order chi connectivity index (χ1) is 39.0. The van der Waals surface area contributed by atoms with Crippen molar-refractivity contribution in [1.82, 2.24) is 0 Å². The monoisotopic (exact) mass is 1200 g/mol. The zero-order valence-corrected chi connectivity index (χ0v) is 53.7. The third kappa shape index (κ3) is 56.9. The maximum absolute atomic E-state index is 13.0. The van der Waals surface area contributed by atoms with E-state index in [9.17, 15) is 43.2 Å². The van der Waals surface area contributed by atoms with Gasteiger partial charge in [-0.15, -0.1) is 0 Å². The van der Waals surface area contributed by atoms with Gasteiger partial charge in [-0.25, -0.2) is 9.13 Å². The van der Waals surface area contributed by atoms with Crippen LogP contribution in [0.4, 0.5) is 0 Å². The van der Waals surface area contributed by atoms with Crippen molar-refractivity contribution in [3.63, 3.8) is 0 Å². The Morgan fingerprint density at radius 3 is 0.840 bits per heavy atom. The number of rotatable bonds is 62. The van der Waals surface area contributed by atoms with E-state index in [1.54, 1.807) is 0 Å². The summed E-state index contributed by atoms with van der Waals surface area (Å²) in [6.07, 6.45) is 39.9. The first kappa shape index (κ1) is 79.1. The van der Waals surface area contributed by atoms with E-state index in [1.807, 2.05) is 0 Å². The van der Waals surface area contributed by atoms with Gasteiger partial charge in [0.1, 0.15) is 19.3 Å². The number of carbonyl (C=O) groups excluding carboxylic acids is 4. The second kappa shape index (κ2) is 55.9. The van der Waals surface area contributed by atoms with Crippen LogP contribution >= 0.6 is 15.6 Å². The molecular weight excluding hydrogens is 1080 g/mol. The minimum Gasteiger partial charge on any atom is -0.462 e. The minimum atomic E-state index is -4.94. The highest BCUT2D eigenvalue weighted by Gasteiger charge is 2.30. The van der Waals surface area contributed by atoms with Crippen molar-refractivity contribution < 1.29 is 80.2 Å². The van der Waals surface area contributed by atoms with E-state index in [2.05, 4.69) is 34.6 Å². The molecule has 0 aromatic heterocycles. The standard InChI is InChI=1S/C62H120O17P2/c1-6-9-12-15-16-17-29-32-37-41-46-60(65)73-52-58(79-62(67)48-43-38-33-30-27-25-23-21-19-18-20-22-24-26-28-31-36-39-44-55(4)5)54-77-81(70,71)75-50-56(63)49-74-80(68,69)76-53-57(78-61(66)47-42-35-14-11-8-3)51-72-59(64)45-40-34-13-10-7-2/h55-58,63H,6-54H2,1-5H3,(H,68,69)(H,70,71)/t56-,57+,58+/m0/s1. The number of carbonyl (C=O) groups is 4. The Balaban J connectivity index is 5.01. The SMILES string of the molecule is CCCCCCCCCCCCC(=O)OC[C@H](COP(=O)(O)OC[C@@H](O)COP(=O)(O)OC[C@@H](COC(=O)CCCCCCC)OC(=O)CCCCCCC)OC(=O)CCCCCCCCCCCCCCCCCCCCC(C)C. The number of unbranched alkanes of at least 4 members (excludes halogenated alkanes) is 34. The molecule has 17 nitrogen and oxygen atoms in total. The molecule has 0 amide bonds. The van der Waals surface area contributed by atoms with E-state index in [1.165, 1.54) is 128 Å². The average Bonchev–Trinajstić information content (AvgIpc) is 3.43. The predicted octanol–water partition coefficient (Wildman–Crippen LogP) is 17.0. The number of phosphoric ester groups is 2. The summed E-state index contributed by atoms with van der Waals surface area (Å²) in [6.45, 7) is 7.02. The molecule has 19 heteroatoms. The zero-order chi connectivity index (χ0) is 59.9. The fourth-order valence-corrected chi connectivity index (χ4v) is 10.8. The Morgan fingerprint density at radius 1 is 0.333 bits per heavy atom. The molecule has 3 N–H and O–H groups in total. The molecule has 0 aliphatic rings. The van der Waals surface area contributed by atoms with Gasteiger partial charge in [0.15, 0.2) is 12.2 Å². The molecule has 0 fully saturated rings. The molecule has 0 saturated carbocycles. The highest BCUT2D eigenvalue weighted by molar-refractivity contribution is 7.47. The van der Waals surface area contributed by atoms with Gasteiger partial charge >= 0.3 is 39.5 Å². The second-order valence-corrected chi connectivity index (χ2v) is 25.8. The van der Waals surface area contributed by atoms with Crippen LogP contribution in [0, 0.1) is 5.92 Å². The maximum Gasteiger partial charge on any atom is 0.472 e. The third-order valence-electron chi connectivity index (χ3n) is 14.3. The van der Waals surface area contributed by atoms with Crippen LogP contribution in [0.5, 0.6) is 0 Å². The van der Waals surface area contributed by atoms with Gasteiger partial charge in [0.25, 0.3) is 0 Å². The fourth-order valence-electron chi connectivity index (χ4n) is 9.23. The lowest BCUT2D eigenvalue weighted by Gasteiger charge is -2.21. The zero-order valence-electron chi connectivity index (χ0n) is 51.9. The van der Waals surface area contributed by atoms with Crippen LogP contribution in [-0.2, 0) is 65.4 Å². The smallest absolute Gasteiger partial charge is 0.462 e. The molecular formula is C62H120O17P2. The Morgan fingerprint density at radius 2 is 0.568 bits per heavy atom. The number of aliphatic hydroxyl groups excluding tert-OH is 1. The highest BCUT2D eigenvalue weighted by Crippen LogP contribution is 2.45. The van der Waals surface area contributed by atoms with Crippen LogP contribution in [0.15, 0.2) is 0 Å². The Labute approximate surface area is 492 Å². The molecule has 0 spiro atoms. The van der Waals surface area contributed by atoms with E-state index in [0.29, 0.717) is 25.7 Å². The van der Waals surface area contributed by atoms with Crippen molar-refractivity contribution in [2.24, 2.45) is 5.92 Å². The van der Waals surface area contributed by atoms with Crippen molar-refractivity contribution in [1.29, 1.82) is 0 Å². The van der Waals surface area contributed by atoms with Crippen LogP contribution in [0.1, 0.15) is 311 Å². The molecule has 0 aliphatic heterocycles. The summed E-state index contributed by atoms with van der Waals surface area (Å²) >= 11 is 0. The van der Waals surface area contributed by atoms with Gasteiger partial charge < -0.3 is 33.8 Å². The summed E-state index contributed by atoms with van der Waals surface area (Å²) in [5.74, 6) is -1.34. The number of hydrogen-bond acceptors (Lipinski definition) is 15. The number of aliphatic hydroxyl groups is 1. The Bertz CT molecular complexity index is 1580. The van der Waals surface area contributed by atoms with Crippen LogP contribution in [0.25, 0.3) is 0 Å². The summed E-state index contributed by atoms with van der Waals surface area (Å²) in [4.78, 5) is 71.5. The lowest BCUT2D eigenvalue weighted by Crippen LogP contribution is -2.30. The third-order valence-corrected chi connectivity index (χ3v) is 16.2. The van der Waals surface area contributed by atoms with E-state index >= 15 is 0 Å². The lowest BCUT2D eigenvalue weighted by molar-refractivity contribution is -0.161. The van der Waals surface area contributed by atoms with Gasteiger partial charge in [0.2, 0.25) is 0 Å². The molecule has 81 heavy (non-hydrogen) atoms. The maximum atomic E-state index is 13.0. The lowest BCUT2D eigenvalue weighted by atomic mass is 10.0. The Kier molecular flexibility index (Phi) is 54.6. The van der Waals surface area contributed by atoms with Crippen LogP contribution in [0.2, 0.25) is 0 Å². The van der Waals surface area contributed by atoms with Crippen molar-refractivity contribution in [2.45, 2.75) is 329 Å². The molecule has 0 rings (SSSR count). The van der Waals surface area contributed by atoms with Crippen molar-refractivity contribution in [2.75, 3.05) is 39.6 Å². The predicted molar refractivity (Wildman–Crippen MR) is 322 cm³/mol. The second-order valence-electron chi connectivity index (χ2n) is 22.9. The normalized spacial score (nSPS) is 14.3. The first-order valence-corrected chi connectivity index (χ1v) is 35.6. The van der Waals surface area contributed by atoms with Gasteiger partial charge in [-0.1, -0.05) is 259 Å². The molecule has 2 unspecified atom stereocenters. The topological polar surface area (TPSA) is 237 Å². The fraction of sp³-hybridized carbons (Fsp3) is 0.935. The minimum absolute atomic E-state index is 0.0989. The molecule has 480 valence electrons. The summed E-state index contributed by atoms with van der Waals surface area (Å²) in [7, 11) is -9.86. The van der Waals surface area contributed by atoms with Crippen LogP contribution < -0.4 is 0 Å². The molecule has 5 atom stereocenters. The summed E-state index contributed by atoms with van der Waals surface area (Å²) < 4.78 is 67.4. The van der Waals surface area contributed by atoms with E-state index in [4.69, 9.17) is 37.0 Å². The number of ether oxygens (including phenoxy) is 4. The van der Waals surface area contributed by atoms with Gasteiger partial charge in [-0.05, 0) is 31.6 Å². The first-order valence-electron chi connectivity index (χ1n) is 32.6. The molecule has 0 aromatic carbocycles. The number of hydrogen-bond donors (Lipinski definition) is 3. The Hall–Kier alpha value is -1.94. The number of phosphoric acid groups is 2. The van der Waals surface area contributed by atoms with E-state index in [-0.39, 0.29) is 25.7 Å². The molecule has 0 aliphatic carbocycles. The summed E-state index contributed by atoms with van der Waals surface area (Å²) in [6, 6.07) is 0. The molecule has 0 heterocycles. The number of esters is 4. The van der Waals surface area contributed by atoms with E-state index in [0.717, 1.165) is 102 Å². The van der Waals surface area contributed by atoms with Gasteiger partial charge in [-0.2, -0.15) is 0 Å². The summed E-state index contributed by atoms with van der Waals surface area (Å²) in [5.41, 5.74) is 0. The molecule has 0 bridgehead atoms. The largest absolute Gasteiger partial charge is 0.472 e. The van der Waals surface area contributed by atoms with Crippen molar-refractivity contribution in [3.8, 4) is 0 Å². The molecule has 0 aromatic rings. The van der Waals surface area contributed by atoms with Crippen LogP contribution in [-0.4, -0.2) is 96.7 Å². The van der Waals surface area contributed by atoms with Crippen LogP contribution in [0.3, 0.4) is 0 Å². The van der Waals surface area contributed by atoms with Gasteiger partial charge in [0.05, 0.1) is 26.4 Å². The summed E-state index contributed by atoms with van der Waals surface area (Å²) in [5, 5.41) is 10.5. The van der Waals surface area contributed by atoms with Gasteiger partial charge in [0, 0.05) is 25.7 Å². The molecule has 0 saturated heterocycles. The quantitative estimate of drug-likeness (QED) is 0.0222. The van der Waals surface area contributed by atoms with Crippen molar-refractivity contribution >= 4 is 39.5 Å². The molecule has 0 radical (unpaired) electrons. The average molecular weight is 1200 g/mol. The highest BCUT2D eigenvalue weighted by atomic mass is 31.2. The van der Waals surface area contributed by atoms with Crippen molar-refractivity contribution in [3.05, 3.63) is 0 Å². The van der Waals surface area contributed by atoms with Gasteiger partial charge in [-0.3, -0.25) is 37.3 Å².